The van der Waals surface area contributed by atoms with E-state index in [2.05, 4.69) is 25.9 Å². The number of rotatable bonds is 1. The highest BCUT2D eigenvalue weighted by Crippen LogP contribution is 2.39. The van der Waals surface area contributed by atoms with Gasteiger partial charge in [0.15, 0.2) is 0 Å². The van der Waals surface area contributed by atoms with Gasteiger partial charge >= 0.3 is 6.09 Å². The maximum absolute atomic E-state index is 11.0. The van der Waals surface area contributed by atoms with Crippen molar-refractivity contribution in [2.24, 2.45) is 7.05 Å². The number of anilines is 1. The van der Waals surface area contributed by atoms with E-state index in [1.54, 1.807) is 0 Å². The van der Waals surface area contributed by atoms with Crippen LogP contribution < -0.4 is 5.73 Å². The third-order valence-electron chi connectivity index (χ3n) is 3.83. The number of aromatic nitrogens is 3. The average Bonchev–Trinajstić information content (AvgIpc) is 2.95. The zero-order valence-corrected chi connectivity index (χ0v) is 12.5. The number of aryl methyl sites for hydroxylation is 1. The van der Waals surface area contributed by atoms with E-state index in [1.807, 2.05) is 11.6 Å². The molecular formula is C12H14BrN5O2. The number of nitrogens with two attached hydrogens (primary N) is 1. The van der Waals surface area contributed by atoms with Crippen LogP contribution >= 0.6 is 15.9 Å². The Balaban J connectivity index is 2.09. The van der Waals surface area contributed by atoms with Crippen LogP contribution in [0.1, 0.15) is 18.0 Å². The van der Waals surface area contributed by atoms with Crippen LogP contribution in [0.3, 0.4) is 0 Å². The minimum Gasteiger partial charge on any atom is -0.465 e. The zero-order valence-electron chi connectivity index (χ0n) is 10.9. The monoisotopic (exact) mass is 339 g/mol. The van der Waals surface area contributed by atoms with Crippen molar-refractivity contribution in [3.05, 3.63) is 16.5 Å². The van der Waals surface area contributed by atoms with Crippen molar-refractivity contribution < 1.29 is 9.90 Å². The summed E-state index contributed by atoms with van der Waals surface area (Å²) in [7, 11) is 1.91. The van der Waals surface area contributed by atoms with Crippen LogP contribution in [-0.2, 0) is 7.05 Å². The number of hydrogen-bond acceptors (Lipinski definition) is 4. The van der Waals surface area contributed by atoms with Gasteiger partial charge in [-0.3, -0.25) is 0 Å². The minimum absolute atomic E-state index is 0.138. The second kappa shape index (κ2) is 4.62. The second-order valence-electron chi connectivity index (χ2n) is 4.93. The van der Waals surface area contributed by atoms with Crippen molar-refractivity contribution in [3.63, 3.8) is 0 Å². The minimum atomic E-state index is -0.873. The van der Waals surface area contributed by atoms with Crippen molar-refractivity contribution in [2.75, 3.05) is 18.8 Å². The van der Waals surface area contributed by atoms with Crippen molar-refractivity contribution in [1.82, 2.24) is 19.4 Å². The number of fused-ring (bicyclic) bond motifs is 1. The fraction of sp³-hybridized carbons (Fsp3) is 0.417. The Morgan fingerprint density at radius 2 is 2.30 bits per heavy atom. The highest BCUT2D eigenvalue weighted by molar-refractivity contribution is 9.10. The predicted octanol–water partition coefficient (Wildman–Crippen LogP) is 1.78. The molecule has 3 heterocycles. The summed E-state index contributed by atoms with van der Waals surface area (Å²) in [5, 5.41) is 9.86. The Bertz CT molecular complexity index is 699. The SMILES string of the molecule is Cn1c(C2CCN(C(=O)O)C2)c(Br)c2c(N)ncnc21. The summed E-state index contributed by atoms with van der Waals surface area (Å²) >= 11 is 3.57. The Hall–Kier alpha value is -1.83. The van der Waals surface area contributed by atoms with Crippen LogP contribution in [0.25, 0.3) is 11.0 Å². The smallest absolute Gasteiger partial charge is 0.407 e. The molecule has 1 unspecified atom stereocenters. The van der Waals surface area contributed by atoms with Crippen molar-refractivity contribution >= 4 is 38.9 Å². The number of likely N-dealkylation sites (tertiary alicyclic amines) is 1. The molecule has 0 aromatic carbocycles. The second-order valence-corrected chi connectivity index (χ2v) is 5.72. The first kappa shape index (κ1) is 13.2. The molecular weight excluding hydrogens is 326 g/mol. The molecule has 1 saturated heterocycles. The first-order chi connectivity index (χ1) is 9.50. The van der Waals surface area contributed by atoms with E-state index in [0.29, 0.717) is 18.9 Å². The molecule has 20 heavy (non-hydrogen) atoms. The fourth-order valence-electron chi connectivity index (χ4n) is 2.85. The van der Waals surface area contributed by atoms with Crippen molar-refractivity contribution in [2.45, 2.75) is 12.3 Å². The Morgan fingerprint density at radius 1 is 1.55 bits per heavy atom. The summed E-state index contributed by atoms with van der Waals surface area (Å²) in [5.41, 5.74) is 7.70. The first-order valence-electron chi connectivity index (χ1n) is 6.22. The number of nitrogen functional groups attached to an aromatic ring is 1. The molecule has 0 spiro atoms. The molecule has 1 amide bonds. The Morgan fingerprint density at radius 3 is 2.90 bits per heavy atom. The van der Waals surface area contributed by atoms with E-state index >= 15 is 0 Å². The number of halogens is 1. The molecule has 0 bridgehead atoms. The molecule has 106 valence electrons. The van der Waals surface area contributed by atoms with Gasteiger partial charge in [-0.25, -0.2) is 14.8 Å². The standard InChI is InChI=1S/C12H14BrN5O2/c1-17-9(6-2-3-18(4-6)12(19)20)8(13)7-10(14)15-5-16-11(7)17/h5-6H,2-4H2,1H3,(H,19,20)(H2,14,15,16). The molecule has 1 aliphatic rings. The molecule has 3 rings (SSSR count). The maximum Gasteiger partial charge on any atom is 0.407 e. The summed E-state index contributed by atoms with van der Waals surface area (Å²) in [6, 6.07) is 0. The van der Waals surface area contributed by atoms with E-state index in [1.165, 1.54) is 11.2 Å². The van der Waals surface area contributed by atoms with Crippen LogP contribution in [0, 0.1) is 0 Å². The number of amides is 1. The summed E-state index contributed by atoms with van der Waals surface area (Å²) in [4.78, 5) is 20.7. The molecule has 1 fully saturated rings. The lowest BCUT2D eigenvalue weighted by Gasteiger charge is -2.14. The lowest BCUT2D eigenvalue weighted by molar-refractivity contribution is 0.155. The molecule has 3 N–H and O–H groups in total. The summed E-state index contributed by atoms with van der Waals surface area (Å²) < 4.78 is 2.83. The van der Waals surface area contributed by atoms with Gasteiger partial charge in [0.1, 0.15) is 17.8 Å². The van der Waals surface area contributed by atoms with Gasteiger partial charge in [-0.05, 0) is 22.4 Å². The van der Waals surface area contributed by atoms with Crippen molar-refractivity contribution in [1.29, 1.82) is 0 Å². The van der Waals surface area contributed by atoms with Gasteiger partial charge in [0.2, 0.25) is 0 Å². The summed E-state index contributed by atoms with van der Waals surface area (Å²) in [6.07, 6.45) is 1.36. The Labute approximate surface area is 123 Å². The highest BCUT2D eigenvalue weighted by atomic mass is 79.9. The van der Waals surface area contributed by atoms with Gasteiger partial charge < -0.3 is 20.3 Å². The van der Waals surface area contributed by atoms with Crippen LogP contribution in [0.2, 0.25) is 0 Å². The average molecular weight is 340 g/mol. The van der Waals surface area contributed by atoms with Crippen LogP contribution in [-0.4, -0.2) is 43.7 Å². The van der Waals surface area contributed by atoms with Crippen LogP contribution in [0.15, 0.2) is 10.8 Å². The van der Waals surface area contributed by atoms with Gasteiger partial charge in [-0.1, -0.05) is 0 Å². The van der Waals surface area contributed by atoms with E-state index in [0.717, 1.165) is 27.6 Å². The van der Waals surface area contributed by atoms with Crippen LogP contribution in [0.5, 0.6) is 0 Å². The third kappa shape index (κ3) is 1.82. The van der Waals surface area contributed by atoms with Gasteiger partial charge in [0.05, 0.1) is 9.86 Å². The van der Waals surface area contributed by atoms with E-state index in [-0.39, 0.29) is 5.92 Å². The number of carboxylic acid groups (broad SMARTS) is 1. The number of nitrogens with zero attached hydrogens (tertiary/aromatic N) is 4. The van der Waals surface area contributed by atoms with Gasteiger partial charge in [0, 0.05) is 31.7 Å². The number of hydrogen-bond donors (Lipinski definition) is 2. The van der Waals surface area contributed by atoms with Crippen molar-refractivity contribution in [3.8, 4) is 0 Å². The van der Waals surface area contributed by atoms with E-state index in [4.69, 9.17) is 10.8 Å². The van der Waals surface area contributed by atoms with Gasteiger partial charge in [-0.15, -0.1) is 0 Å². The van der Waals surface area contributed by atoms with E-state index in [9.17, 15) is 4.79 Å². The Kier molecular flexibility index (Phi) is 3.04. The molecule has 0 aliphatic carbocycles. The predicted molar refractivity (Wildman–Crippen MR) is 77.6 cm³/mol. The maximum atomic E-state index is 11.0. The number of carbonyl (C=O) groups is 1. The summed E-state index contributed by atoms with van der Waals surface area (Å²) in [6.45, 7) is 1.04. The first-order valence-corrected chi connectivity index (χ1v) is 7.02. The summed E-state index contributed by atoms with van der Waals surface area (Å²) in [5.74, 6) is 0.566. The molecule has 0 saturated carbocycles. The van der Waals surface area contributed by atoms with Crippen LogP contribution in [0.4, 0.5) is 10.6 Å². The van der Waals surface area contributed by atoms with E-state index < -0.39 is 6.09 Å². The molecule has 0 radical (unpaired) electrons. The third-order valence-corrected chi connectivity index (χ3v) is 4.63. The fourth-order valence-corrected chi connectivity index (χ4v) is 3.82. The molecule has 1 aliphatic heterocycles. The molecule has 7 nitrogen and oxygen atoms in total. The quantitative estimate of drug-likeness (QED) is 0.825. The van der Waals surface area contributed by atoms with Gasteiger partial charge in [-0.2, -0.15) is 0 Å². The normalized spacial score (nSPS) is 18.9. The molecule has 2 aromatic heterocycles. The molecule has 1 atom stereocenters. The molecule has 8 heteroatoms. The van der Waals surface area contributed by atoms with Gasteiger partial charge in [0.25, 0.3) is 0 Å². The largest absolute Gasteiger partial charge is 0.465 e. The zero-order chi connectivity index (χ0) is 14.4. The lowest BCUT2D eigenvalue weighted by Crippen LogP contribution is -2.26. The highest BCUT2D eigenvalue weighted by Gasteiger charge is 2.31. The topological polar surface area (TPSA) is 97.3 Å². The lowest BCUT2D eigenvalue weighted by atomic mass is 10.0. The molecule has 2 aromatic rings.